The molecule has 0 bridgehead atoms. The van der Waals surface area contributed by atoms with Gasteiger partial charge in [-0.1, -0.05) is 6.92 Å². The van der Waals surface area contributed by atoms with Crippen LogP contribution in [-0.2, 0) is 10.3 Å². The largest absolute Gasteiger partial charge is 0.371 e. The summed E-state index contributed by atoms with van der Waals surface area (Å²) in [5, 5.41) is 6.49. The third-order valence-electron chi connectivity index (χ3n) is 2.92. The van der Waals surface area contributed by atoms with Crippen molar-refractivity contribution in [2.45, 2.75) is 32.8 Å². The smallest absolute Gasteiger partial charge is 0.163 e. The minimum Gasteiger partial charge on any atom is -0.371 e. The summed E-state index contributed by atoms with van der Waals surface area (Å²) >= 11 is 1.63. The average Bonchev–Trinajstić information content (AvgIpc) is 2.84. The van der Waals surface area contributed by atoms with E-state index >= 15 is 0 Å². The molecule has 0 unspecified atom stereocenters. The standard InChI is InChI=1S/C13H19N3OS/c1-5-7-14-10-9-6-8-18-11(9)16-12(15-10)13(2,3)17-4/h6,8H,5,7H2,1-4H3,(H,14,15,16). The number of methoxy groups -OCH3 is 1. The topological polar surface area (TPSA) is 47.0 Å². The van der Waals surface area contributed by atoms with Gasteiger partial charge in [-0.2, -0.15) is 0 Å². The molecule has 0 saturated carbocycles. The molecule has 1 N–H and O–H groups in total. The Morgan fingerprint density at radius 1 is 1.39 bits per heavy atom. The molecule has 2 aromatic heterocycles. The van der Waals surface area contributed by atoms with Gasteiger partial charge < -0.3 is 10.1 Å². The highest BCUT2D eigenvalue weighted by Gasteiger charge is 2.25. The number of fused-ring (bicyclic) bond motifs is 1. The van der Waals surface area contributed by atoms with Gasteiger partial charge in [-0.05, 0) is 31.7 Å². The lowest BCUT2D eigenvalue weighted by Gasteiger charge is -2.21. The van der Waals surface area contributed by atoms with Crippen LogP contribution in [0.5, 0.6) is 0 Å². The molecule has 2 heterocycles. The Kier molecular flexibility index (Phi) is 3.82. The minimum absolute atomic E-state index is 0.471. The number of aromatic nitrogens is 2. The average molecular weight is 265 g/mol. The van der Waals surface area contributed by atoms with Crippen LogP contribution in [0.3, 0.4) is 0 Å². The highest BCUT2D eigenvalue weighted by molar-refractivity contribution is 7.16. The van der Waals surface area contributed by atoms with Crippen LogP contribution in [0.15, 0.2) is 11.4 Å². The third kappa shape index (κ3) is 2.47. The van der Waals surface area contributed by atoms with Crippen molar-refractivity contribution in [2.75, 3.05) is 19.0 Å². The van der Waals surface area contributed by atoms with Crippen LogP contribution in [-0.4, -0.2) is 23.6 Å². The SMILES string of the molecule is CCCNc1nc(C(C)(C)OC)nc2sccc12. The van der Waals surface area contributed by atoms with Crippen LogP contribution in [0.4, 0.5) is 5.82 Å². The second-order valence-corrected chi connectivity index (χ2v) is 5.57. The Bertz CT molecular complexity index is 536. The maximum Gasteiger partial charge on any atom is 0.163 e. The van der Waals surface area contributed by atoms with Crippen molar-refractivity contribution in [1.82, 2.24) is 9.97 Å². The van der Waals surface area contributed by atoms with Gasteiger partial charge in [0.05, 0.1) is 5.39 Å². The van der Waals surface area contributed by atoms with Crippen molar-refractivity contribution in [3.05, 3.63) is 17.3 Å². The first-order valence-electron chi connectivity index (χ1n) is 6.13. The summed E-state index contributed by atoms with van der Waals surface area (Å²) in [4.78, 5) is 10.2. The van der Waals surface area contributed by atoms with E-state index in [9.17, 15) is 0 Å². The molecule has 0 aromatic carbocycles. The van der Waals surface area contributed by atoms with Gasteiger partial charge in [0.25, 0.3) is 0 Å². The van der Waals surface area contributed by atoms with E-state index < -0.39 is 5.60 Å². The van der Waals surface area contributed by atoms with E-state index in [-0.39, 0.29) is 0 Å². The molecule has 4 nitrogen and oxygen atoms in total. The fourth-order valence-electron chi connectivity index (χ4n) is 1.59. The van der Waals surface area contributed by atoms with Crippen molar-refractivity contribution in [1.29, 1.82) is 0 Å². The predicted octanol–water partition coefficient (Wildman–Crippen LogP) is 3.39. The van der Waals surface area contributed by atoms with E-state index in [2.05, 4.69) is 28.3 Å². The Morgan fingerprint density at radius 3 is 2.83 bits per heavy atom. The van der Waals surface area contributed by atoms with Crippen LogP contribution >= 0.6 is 11.3 Å². The third-order valence-corrected chi connectivity index (χ3v) is 3.72. The van der Waals surface area contributed by atoms with Crippen LogP contribution in [0.25, 0.3) is 10.2 Å². The van der Waals surface area contributed by atoms with Crippen molar-refractivity contribution < 1.29 is 4.74 Å². The summed E-state index contributed by atoms with van der Waals surface area (Å²) in [6.07, 6.45) is 1.07. The summed E-state index contributed by atoms with van der Waals surface area (Å²) in [5.41, 5.74) is -0.471. The lowest BCUT2D eigenvalue weighted by atomic mass is 10.1. The van der Waals surface area contributed by atoms with Crippen molar-refractivity contribution in [3.63, 3.8) is 0 Å². The molecule has 0 aliphatic carbocycles. The molecule has 18 heavy (non-hydrogen) atoms. The van der Waals surface area contributed by atoms with Crippen LogP contribution in [0, 0.1) is 0 Å². The second-order valence-electron chi connectivity index (χ2n) is 4.68. The van der Waals surface area contributed by atoms with Gasteiger partial charge in [-0.3, -0.25) is 0 Å². The van der Waals surface area contributed by atoms with Crippen LogP contribution in [0.2, 0.25) is 0 Å². The van der Waals surface area contributed by atoms with Gasteiger partial charge in [0.1, 0.15) is 16.2 Å². The van der Waals surface area contributed by atoms with Gasteiger partial charge in [-0.25, -0.2) is 9.97 Å². The zero-order chi connectivity index (χ0) is 13.2. The number of rotatable bonds is 5. The van der Waals surface area contributed by atoms with E-state index in [0.29, 0.717) is 0 Å². The molecule has 0 spiro atoms. The molecule has 0 saturated heterocycles. The molecule has 0 aliphatic heterocycles. The summed E-state index contributed by atoms with van der Waals surface area (Å²) in [6.45, 7) is 7.00. The summed E-state index contributed by atoms with van der Waals surface area (Å²) < 4.78 is 5.46. The lowest BCUT2D eigenvalue weighted by molar-refractivity contribution is 0.0119. The molecule has 2 aromatic rings. The highest BCUT2D eigenvalue weighted by atomic mass is 32.1. The molecule has 2 rings (SSSR count). The van der Waals surface area contributed by atoms with Gasteiger partial charge in [0.15, 0.2) is 5.82 Å². The molecular formula is C13H19N3OS. The maximum atomic E-state index is 5.46. The predicted molar refractivity (Wildman–Crippen MR) is 76.2 cm³/mol. The van der Waals surface area contributed by atoms with Gasteiger partial charge in [-0.15, -0.1) is 11.3 Å². The van der Waals surface area contributed by atoms with E-state index in [1.165, 1.54) is 0 Å². The summed E-state index contributed by atoms with van der Waals surface area (Å²) in [5.74, 6) is 1.63. The van der Waals surface area contributed by atoms with E-state index in [1.54, 1.807) is 18.4 Å². The molecule has 98 valence electrons. The Balaban J connectivity index is 2.50. The van der Waals surface area contributed by atoms with Gasteiger partial charge in [0, 0.05) is 13.7 Å². The molecule has 0 radical (unpaired) electrons. The maximum absolute atomic E-state index is 5.46. The Morgan fingerprint density at radius 2 is 2.17 bits per heavy atom. The molecule has 0 aliphatic rings. The van der Waals surface area contributed by atoms with Gasteiger partial charge >= 0.3 is 0 Å². The van der Waals surface area contributed by atoms with E-state index in [4.69, 9.17) is 4.74 Å². The van der Waals surface area contributed by atoms with Crippen molar-refractivity contribution in [2.24, 2.45) is 0 Å². The number of nitrogens with one attached hydrogen (secondary N) is 1. The monoisotopic (exact) mass is 265 g/mol. The Hall–Kier alpha value is -1.20. The highest BCUT2D eigenvalue weighted by Crippen LogP contribution is 2.29. The summed E-state index contributed by atoms with van der Waals surface area (Å²) in [7, 11) is 1.68. The van der Waals surface area contributed by atoms with Crippen LogP contribution < -0.4 is 5.32 Å². The van der Waals surface area contributed by atoms with Gasteiger partial charge in [0.2, 0.25) is 0 Å². The first-order chi connectivity index (χ1) is 8.58. The molecule has 5 heteroatoms. The lowest BCUT2D eigenvalue weighted by Crippen LogP contribution is -2.23. The van der Waals surface area contributed by atoms with Crippen LogP contribution in [0.1, 0.15) is 33.0 Å². The number of nitrogens with zero attached hydrogens (tertiary/aromatic N) is 2. The zero-order valence-corrected chi connectivity index (χ0v) is 12.1. The van der Waals surface area contributed by atoms with E-state index in [0.717, 1.165) is 34.8 Å². The fraction of sp³-hybridized carbons (Fsp3) is 0.538. The number of ether oxygens (including phenoxy) is 1. The number of hydrogen-bond donors (Lipinski definition) is 1. The molecule has 0 atom stereocenters. The first-order valence-corrected chi connectivity index (χ1v) is 7.01. The molecule has 0 fully saturated rings. The van der Waals surface area contributed by atoms with Crippen molar-refractivity contribution in [3.8, 4) is 0 Å². The first kappa shape index (κ1) is 13.2. The number of hydrogen-bond acceptors (Lipinski definition) is 5. The normalized spacial score (nSPS) is 12.0. The number of anilines is 1. The molecule has 0 amide bonds. The Labute approximate surface area is 111 Å². The van der Waals surface area contributed by atoms with E-state index in [1.807, 2.05) is 19.2 Å². The zero-order valence-electron chi connectivity index (χ0n) is 11.3. The second kappa shape index (κ2) is 5.20. The molecular weight excluding hydrogens is 246 g/mol. The fourth-order valence-corrected chi connectivity index (χ4v) is 2.36. The quantitative estimate of drug-likeness (QED) is 0.900. The minimum atomic E-state index is -0.471. The van der Waals surface area contributed by atoms with Crippen molar-refractivity contribution >= 4 is 27.4 Å². The number of thiophene rings is 1. The summed E-state index contributed by atoms with van der Waals surface area (Å²) in [6, 6.07) is 2.06.